The standard InChI is InChI=1S/C15H24BNO5/c1-15(2,3)21-14(18)17-7-4-11(5-8-17)10-13-12(22-16-19)6-9-20-13/h6,9,11,16,19H,4-5,7-8,10H2,1-3H3. The molecule has 6 nitrogen and oxygen atoms in total. The Morgan fingerprint density at radius 1 is 1.45 bits per heavy atom. The first kappa shape index (κ1) is 16.7. The maximum atomic E-state index is 12.0. The number of carbonyl (C=O) groups is 1. The second kappa shape index (κ2) is 7.09. The average molecular weight is 309 g/mol. The van der Waals surface area contributed by atoms with E-state index in [9.17, 15) is 4.79 Å². The summed E-state index contributed by atoms with van der Waals surface area (Å²) < 4.78 is 15.9. The van der Waals surface area contributed by atoms with E-state index in [4.69, 9.17) is 18.8 Å². The van der Waals surface area contributed by atoms with Gasteiger partial charge in [0.15, 0.2) is 0 Å². The first-order valence-corrected chi connectivity index (χ1v) is 7.67. The Morgan fingerprint density at radius 3 is 2.73 bits per heavy atom. The summed E-state index contributed by atoms with van der Waals surface area (Å²) in [5, 5.41) is 8.84. The molecule has 1 aromatic heterocycles. The first-order chi connectivity index (χ1) is 10.4. The van der Waals surface area contributed by atoms with Crippen LogP contribution in [0, 0.1) is 5.92 Å². The van der Waals surface area contributed by atoms with Gasteiger partial charge in [-0.15, -0.1) is 0 Å². The van der Waals surface area contributed by atoms with Crippen LogP contribution in [0.15, 0.2) is 16.7 Å². The zero-order chi connectivity index (χ0) is 16.2. The van der Waals surface area contributed by atoms with Crippen LogP contribution in [-0.2, 0) is 11.2 Å². The van der Waals surface area contributed by atoms with Crippen molar-refractivity contribution in [2.24, 2.45) is 5.92 Å². The largest absolute Gasteiger partial charge is 0.536 e. The number of amides is 1. The fourth-order valence-electron chi connectivity index (χ4n) is 2.58. The highest BCUT2D eigenvalue weighted by Gasteiger charge is 2.27. The topological polar surface area (TPSA) is 72.1 Å². The number of carbonyl (C=O) groups excluding carboxylic acids is 1. The Morgan fingerprint density at radius 2 is 2.14 bits per heavy atom. The molecule has 0 unspecified atom stereocenters. The van der Waals surface area contributed by atoms with Gasteiger partial charge < -0.3 is 23.7 Å². The van der Waals surface area contributed by atoms with Crippen molar-refractivity contribution in [3.63, 3.8) is 0 Å². The van der Waals surface area contributed by atoms with Crippen molar-refractivity contribution in [2.45, 2.75) is 45.6 Å². The molecule has 1 aliphatic heterocycles. The van der Waals surface area contributed by atoms with Crippen LogP contribution < -0.4 is 4.65 Å². The van der Waals surface area contributed by atoms with Gasteiger partial charge in [0.05, 0.1) is 6.26 Å². The van der Waals surface area contributed by atoms with Gasteiger partial charge in [0.1, 0.15) is 17.1 Å². The minimum atomic E-state index is -0.460. The van der Waals surface area contributed by atoms with E-state index in [0.717, 1.165) is 25.0 Å². The number of likely N-dealkylation sites (tertiary alicyclic amines) is 1. The van der Waals surface area contributed by atoms with Crippen LogP contribution in [0.1, 0.15) is 39.4 Å². The fraction of sp³-hybridized carbons (Fsp3) is 0.667. The van der Waals surface area contributed by atoms with Gasteiger partial charge >= 0.3 is 13.8 Å². The van der Waals surface area contributed by atoms with E-state index in [1.807, 2.05) is 20.8 Å². The maximum absolute atomic E-state index is 12.0. The van der Waals surface area contributed by atoms with Gasteiger partial charge in [0, 0.05) is 25.6 Å². The molecule has 7 heteroatoms. The molecule has 1 N–H and O–H groups in total. The lowest BCUT2D eigenvalue weighted by Gasteiger charge is -2.33. The molecule has 2 heterocycles. The molecule has 0 aliphatic carbocycles. The lowest BCUT2D eigenvalue weighted by atomic mass is 9.92. The van der Waals surface area contributed by atoms with Crippen molar-refractivity contribution in [2.75, 3.05) is 13.1 Å². The number of piperidine rings is 1. The van der Waals surface area contributed by atoms with E-state index < -0.39 is 5.60 Å². The lowest BCUT2D eigenvalue weighted by Crippen LogP contribution is -2.42. The van der Waals surface area contributed by atoms with E-state index in [2.05, 4.69) is 0 Å². The summed E-state index contributed by atoms with van der Waals surface area (Å²) in [6, 6.07) is 1.71. The zero-order valence-electron chi connectivity index (χ0n) is 13.5. The molecular formula is C15H24BNO5. The van der Waals surface area contributed by atoms with Crippen molar-refractivity contribution in [3.05, 3.63) is 18.1 Å². The Labute approximate surface area is 131 Å². The van der Waals surface area contributed by atoms with Gasteiger partial charge in [-0.2, -0.15) is 0 Å². The number of nitrogens with zero attached hydrogens (tertiary/aromatic N) is 1. The van der Waals surface area contributed by atoms with Crippen molar-refractivity contribution < 1.29 is 23.6 Å². The Balaban J connectivity index is 1.82. The minimum Gasteiger partial charge on any atom is -0.536 e. The summed E-state index contributed by atoms with van der Waals surface area (Å²) in [5.41, 5.74) is -0.460. The second-order valence-corrected chi connectivity index (χ2v) is 6.60. The fourth-order valence-corrected chi connectivity index (χ4v) is 2.58. The average Bonchev–Trinajstić information content (AvgIpc) is 2.85. The molecule has 122 valence electrons. The number of hydrogen-bond donors (Lipinski definition) is 1. The summed E-state index contributed by atoms with van der Waals surface area (Å²) in [4.78, 5) is 13.8. The molecule has 1 amide bonds. The monoisotopic (exact) mass is 309 g/mol. The minimum absolute atomic E-state index is 0.242. The van der Waals surface area contributed by atoms with Crippen molar-refractivity contribution in [1.82, 2.24) is 4.90 Å². The third-order valence-corrected chi connectivity index (χ3v) is 3.66. The SMILES string of the molecule is CC(C)(C)OC(=O)N1CCC(Cc2occc2OBO)CC1. The zero-order valence-corrected chi connectivity index (χ0v) is 13.5. The molecule has 1 aromatic rings. The van der Waals surface area contributed by atoms with Crippen LogP contribution in [0.5, 0.6) is 5.75 Å². The van der Waals surface area contributed by atoms with Crippen LogP contribution in [-0.4, -0.2) is 42.4 Å². The van der Waals surface area contributed by atoms with Gasteiger partial charge in [-0.3, -0.25) is 0 Å². The van der Waals surface area contributed by atoms with Crippen LogP contribution in [0.3, 0.4) is 0 Å². The summed E-state index contributed by atoms with van der Waals surface area (Å²) in [6.45, 7) is 7.00. The number of furan rings is 1. The first-order valence-electron chi connectivity index (χ1n) is 7.67. The smallest absolute Gasteiger partial charge is 0.504 e. The molecular weight excluding hydrogens is 285 g/mol. The number of rotatable bonds is 4. The number of hydrogen-bond acceptors (Lipinski definition) is 5. The molecule has 1 saturated heterocycles. The highest BCUT2D eigenvalue weighted by molar-refractivity contribution is 6.17. The molecule has 0 spiro atoms. The number of ether oxygens (including phenoxy) is 1. The lowest BCUT2D eigenvalue weighted by molar-refractivity contribution is 0.0182. The maximum Gasteiger partial charge on any atom is 0.504 e. The highest BCUT2D eigenvalue weighted by atomic mass is 16.6. The Bertz CT molecular complexity index is 488. The molecule has 0 bridgehead atoms. The third kappa shape index (κ3) is 4.69. The van der Waals surface area contributed by atoms with Crippen LogP contribution in [0.2, 0.25) is 0 Å². The molecule has 0 radical (unpaired) electrons. The molecule has 0 saturated carbocycles. The van der Waals surface area contributed by atoms with Crippen LogP contribution in [0.25, 0.3) is 0 Å². The summed E-state index contributed by atoms with van der Waals surface area (Å²) in [7, 11) is -0.358. The van der Waals surface area contributed by atoms with Gasteiger partial charge in [0.2, 0.25) is 0 Å². The van der Waals surface area contributed by atoms with Crippen LogP contribution >= 0.6 is 0 Å². The third-order valence-electron chi connectivity index (χ3n) is 3.66. The van der Waals surface area contributed by atoms with E-state index in [-0.39, 0.29) is 13.8 Å². The molecule has 2 rings (SSSR count). The summed E-state index contributed by atoms with van der Waals surface area (Å²) in [6.07, 6.45) is 3.88. The van der Waals surface area contributed by atoms with E-state index in [1.165, 1.54) is 0 Å². The van der Waals surface area contributed by atoms with Gasteiger partial charge in [0.25, 0.3) is 0 Å². The van der Waals surface area contributed by atoms with Crippen molar-refractivity contribution in [1.29, 1.82) is 0 Å². The van der Waals surface area contributed by atoms with Gasteiger partial charge in [-0.1, -0.05) is 0 Å². The predicted octanol–water partition coefficient (Wildman–Crippen LogP) is 2.11. The van der Waals surface area contributed by atoms with E-state index in [1.54, 1.807) is 17.2 Å². The predicted molar refractivity (Wildman–Crippen MR) is 82.9 cm³/mol. The molecule has 1 fully saturated rings. The van der Waals surface area contributed by atoms with Crippen molar-refractivity contribution in [3.8, 4) is 5.75 Å². The Hall–Kier alpha value is -1.63. The Kier molecular flexibility index (Phi) is 5.40. The van der Waals surface area contributed by atoms with Gasteiger partial charge in [-0.05, 0) is 39.5 Å². The molecule has 0 atom stereocenters. The normalized spacial score (nSPS) is 16.5. The van der Waals surface area contributed by atoms with E-state index in [0.29, 0.717) is 24.8 Å². The van der Waals surface area contributed by atoms with E-state index >= 15 is 0 Å². The van der Waals surface area contributed by atoms with Crippen LogP contribution in [0.4, 0.5) is 4.79 Å². The summed E-state index contributed by atoms with van der Waals surface area (Å²) in [5.74, 6) is 1.78. The molecule has 0 aromatic carbocycles. The summed E-state index contributed by atoms with van der Waals surface area (Å²) >= 11 is 0. The quantitative estimate of drug-likeness (QED) is 0.862. The molecule has 1 aliphatic rings. The molecule has 22 heavy (non-hydrogen) atoms. The van der Waals surface area contributed by atoms with Crippen molar-refractivity contribution >= 4 is 13.8 Å². The second-order valence-electron chi connectivity index (χ2n) is 6.60. The van der Waals surface area contributed by atoms with Gasteiger partial charge in [-0.25, -0.2) is 4.79 Å². The highest BCUT2D eigenvalue weighted by Crippen LogP contribution is 2.28.